The van der Waals surface area contributed by atoms with Gasteiger partial charge in [0.25, 0.3) is 0 Å². The molecule has 1 saturated carbocycles. The zero-order chi connectivity index (χ0) is 9.47. The minimum atomic E-state index is 0.527. The summed E-state index contributed by atoms with van der Waals surface area (Å²) < 4.78 is 0. The molecule has 2 atom stereocenters. The Morgan fingerprint density at radius 3 is 2.92 bits per heavy atom. The maximum atomic E-state index is 8.55. The molecule has 1 nitrogen and oxygen atoms in total. The van der Waals surface area contributed by atoms with E-state index < -0.39 is 0 Å². The van der Waals surface area contributed by atoms with Crippen LogP contribution in [0.2, 0.25) is 0 Å². The molecule has 0 spiro atoms. The van der Waals surface area contributed by atoms with Gasteiger partial charge in [0.15, 0.2) is 0 Å². The minimum Gasteiger partial charge on any atom is -0.198 e. The van der Waals surface area contributed by atoms with Crippen molar-refractivity contribution in [1.29, 1.82) is 5.26 Å². The molecule has 13 heavy (non-hydrogen) atoms. The topological polar surface area (TPSA) is 23.8 Å². The van der Waals surface area contributed by atoms with Crippen molar-refractivity contribution in [3.63, 3.8) is 0 Å². The van der Waals surface area contributed by atoms with E-state index in [9.17, 15) is 0 Å². The average molecular weight is 175 g/mol. The Labute approximate surface area is 80.4 Å². The summed E-state index contributed by atoms with van der Waals surface area (Å²) in [6, 6.07) is 2.24. The van der Waals surface area contributed by atoms with Crippen LogP contribution >= 0.6 is 0 Å². The van der Waals surface area contributed by atoms with Crippen molar-refractivity contribution in [2.24, 2.45) is 17.3 Å². The minimum absolute atomic E-state index is 0.527. The summed E-state index contributed by atoms with van der Waals surface area (Å²) in [6.07, 6.45) is 6.73. The molecule has 0 aromatic rings. The Morgan fingerprint density at radius 1 is 1.62 bits per heavy atom. The van der Waals surface area contributed by atoms with Crippen LogP contribution in [-0.4, -0.2) is 0 Å². The SMILES string of the molecule is CC1(C)[C@@H]2CC=C(CCC#N)[C@@H]1C2. The first-order valence-electron chi connectivity index (χ1n) is 5.22. The number of nitriles is 1. The van der Waals surface area contributed by atoms with Crippen molar-refractivity contribution in [3.8, 4) is 6.07 Å². The van der Waals surface area contributed by atoms with E-state index in [2.05, 4.69) is 26.0 Å². The van der Waals surface area contributed by atoms with Gasteiger partial charge in [-0.15, -0.1) is 0 Å². The Hall–Kier alpha value is -0.770. The van der Waals surface area contributed by atoms with Crippen molar-refractivity contribution < 1.29 is 0 Å². The maximum absolute atomic E-state index is 8.55. The van der Waals surface area contributed by atoms with Gasteiger partial charge in [-0.3, -0.25) is 0 Å². The zero-order valence-electron chi connectivity index (χ0n) is 8.51. The number of allylic oxidation sites excluding steroid dienone is 2. The molecular weight excluding hydrogens is 158 g/mol. The van der Waals surface area contributed by atoms with Crippen molar-refractivity contribution in [1.82, 2.24) is 0 Å². The first kappa shape index (κ1) is 8.81. The van der Waals surface area contributed by atoms with Crippen molar-refractivity contribution in [2.75, 3.05) is 0 Å². The van der Waals surface area contributed by atoms with Crippen LogP contribution in [0, 0.1) is 28.6 Å². The molecule has 2 bridgehead atoms. The zero-order valence-corrected chi connectivity index (χ0v) is 8.51. The number of nitrogens with zero attached hydrogens (tertiary/aromatic N) is 1. The molecule has 0 heterocycles. The summed E-state index contributed by atoms with van der Waals surface area (Å²) in [5, 5.41) is 8.55. The highest BCUT2D eigenvalue weighted by Gasteiger charge is 2.50. The fourth-order valence-corrected chi connectivity index (χ4v) is 2.96. The van der Waals surface area contributed by atoms with Crippen LogP contribution in [0.4, 0.5) is 0 Å². The summed E-state index contributed by atoms with van der Waals surface area (Å²) in [7, 11) is 0. The lowest BCUT2D eigenvalue weighted by atomic mass is 9.48. The van der Waals surface area contributed by atoms with Gasteiger partial charge in [0.2, 0.25) is 0 Å². The van der Waals surface area contributed by atoms with E-state index in [1.807, 2.05) is 0 Å². The van der Waals surface area contributed by atoms with E-state index >= 15 is 0 Å². The van der Waals surface area contributed by atoms with E-state index in [-0.39, 0.29) is 0 Å². The van der Waals surface area contributed by atoms with E-state index in [1.165, 1.54) is 12.8 Å². The summed E-state index contributed by atoms with van der Waals surface area (Å²) in [6.45, 7) is 4.76. The van der Waals surface area contributed by atoms with Gasteiger partial charge in [0.05, 0.1) is 6.07 Å². The molecule has 0 radical (unpaired) electrons. The number of hydrogen-bond acceptors (Lipinski definition) is 1. The van der Waals surface area contributed by atoms with E-state index in [0.717, 1.165) is 18.3 Å². The second kappa shape index (κ2) is 2.87. The quantitative estimate of drug-likeness (QED) is 0.591. The smallest absolute Gasteiger partial charge is 0.0625 e. The van der Waals surface area contributed by atoms with Gasteiger partial charge in [-0.05, 0) is 36.5 Å². The van der Waals surface area contributed by atoms with Gasteiger partial charge in [-0.2, -0.15) is 5.26 Å². The first-order valence-corrected chi connectivity index (χ1v) is 5.22. The van der Waals surface area contributed by atoms with E-state index in [1.54, 1.807) is 5.57 Å². The molecule has 0 unspecified atom stereocenters. The van der Waals surface area contributed by atoms with Crippen LogP contribution in [0.1, 0.15) is 39.5 Å². The van der Waals surface area contributed by atoms with Crippen LogP contribution in [0.5, 0.6) is 0 Å². The number of rotatable bonds is 2. The Bertz CT molecular complexity index is 280. The van der Waals surface area contributed by atoms with Crippen LogP contribution in [-0.2, 0) is 0 Å². The molecule has 0 aromatic heterocycles. The average Bonchev–Trinajstić information content (AvgIpc) is 2.14. The predicted octanol–water partition coefficient (Wildman–Crippen LogP) is 3.28. The van der Waals surface area contributed by atoms with Crippen LogP contribution in [0.15, 0.2) is 11.6 Å². The predicted molar refractivity (Wildman–Crippen MR) is 52.9 cm³/mol. The third kappa shape index (κ3) is 1.20. The van der Waals surface area contributed by atoms with Gasteiger partial charge < -0.3 is 0 Å². The molecular formula is C12H17N. The lowest BCUT2D eigenvalue weighted by Gasteiger charge is -2.56. The van der Waals surface area contributed by atoms with Gasteiger partial charge in [-0.1, -0.05) is 25.5 Å². The lowest BCUT2D eigenvalue weighted by Crippen LogP contribution is -2.47. The molecule has 0 aliphatic heterocycles. The lowest BCUT2D eigenvalue weighted by molar-refractivity contribution is -0.00807. The van der Waals surface area contributed by atoms with E-state index in [4.69, 9.17) is 5.26 Å². The molecule has 3 aliphatic rings. The van der Waals surface area contributed by atoms with Crippen LogP contribution in [0.25, 0.3) is 0 Å². The number of fused-ring (bicyclic) bond motifs is 1. The highest BCUT2D eigenvalue weighted by Crippen LogP contribution is 2.59. The van der Waals surface area contributed by atoms with Crippen molar-refractivity contribution in [2.45, 2.75) is 39.5 Å². The molecule has 1 heteroatoms. The molecule has 0 amide bonds. The van der Waals surface area contributed by atoms with Gasteiger partial charge in [0.1, 0.15) is 0 Å². The highest BCUT2D eigenvalue weighted by atomic mass is 14.5. The molecule has 1 fully saturated rings. The van der Waals surface area contributed by atoms with E-state index in [0.29, 0.717) is 11.8 Å². The molecule has 70 valence electrons. The molecule has 3 aliphatic carbocycles. The summed E-state index contributed by atoms with van der Waals surface area (Å²) in [4.78, 5) is 0. The summed E-state index contributed by atoms with van der Waals surface area (Å²) >= 11 is 0. The Morgan fingerprint density at radius 2 is 2.38 bits per heavy atom. The highest BCUT2D eigenvalue weighted by molar-refractivity contribution is 5.23. The summed E-state index contributed by atoms with van der Waals surface area (Å²) in [5.74, 6) is 1.71. The Kier molecular flexibility index (Phi) is 1.95. The molecule has 0 aromatic carbocycles. The van der Waals surface area contributed by atoms with Gasteiger partial charge in [0, 0.05) is 6.42 Å². The fourth-order valence-electron chi connectivity index (χ4n) is 2.96. The van der Waals surface area contributed by atoms with Crippen molar-refractivity contribution >= 4 is 0 Å². The second-order valence-corrected chi connectivity index (χ2v) is 4.98. The van der Waals surface area contributed by atoms with Crippen molar-refractivity contribution in [3.05, 3.63) is 11.6 Å². The third-order valence-corrected chi connectivity index (χ3v) is 4.11. The van der Waals surface area contributed by atoms with Gasteiger partial charge >= 0.3 is 0 Å². The number of hydrogen-bond donors (Lipinski definition) is 0. The monoisotopic (exact) mass is 175 g/mol. The first-order chi connectivity index (χ1) is 6.16. The largest absolute Gasteiger partial charge is 0.198 e. The molecule has 0 saturated heterocycles. The van der Waals surface area contributed by atoms with Crippen LogP contribution in [0.3, 0.4) is 0 Å². The molecule has 3 rings (SSSR count). The normalized spacial score (nSPS) is 34.4. The fraction of sp³-hybridized carbons (Fsp3) is 0.750. The molecule has 0 N–H and O–H groups in total. The maximum Gasteiger partial charge on any atom is 0.0625 e. The Balaban J connectivity index is 2.06. The second-order valence-electron chi connectivity index (χ2n) is 4.98. The third-order valence-electron chi connectivity index (χ3n) is 4.11. The van der Waals surface area contributed by atoms with Gasteiger partial charge in [-0.25, -0.2) is 0 Å². The standard InChI is InChI=1S/C12H17N/c1-12(2)10-6-5-9(4-3-7-13)11(12)8-10/h5,10-11H,3-4,6,8H2,1-2H3/t10-,11+/m1/s1. The van der Waals surface area contributed by atoms with Crippen LogP contribution < -0.4 is 0 Å². The summed E-state index contributed by atoms with van der Waals surface area (Å²) in [5.41, 5.74) is 2.09.